The highest BCUT2D eigenvalue weighted by molar-refractivity contribution is 5.31. The minimum atomic E-state index is -0.913. The molecule has 0 aliphatic heterocycles. The van der Waals surface area contributed by atoms with E-state index < -0.39 is 17.7 Å². The molecule has 4 heteroatoms. The van der Waals surface area contributed by atoms with Crippen LogP contribution < -0.4 is 5.73 Å². The third kappa shape index (κ3) is 1.72. The van der Waals surface area contributed by atoms with Gasteiger partial charge >= 0.3 is 0 Å². The summed E-state index contributed by atoms with van der Waals surface area (Å²) >= 11 is 0. The number of hydrogen-bond acceptors (Lipinski definition) is 2. The number of hydrogen-bond donors (Lipinski definition) is 1. The molecule has 84 valence electrons. The molecular weight excluding hydrogens is 212 g/mol. The molecule has 1 unspecified atom stereocenters. The Labute approximate surface area is 91.7 Å². The zero-order chi connectivity index (χ0) is 11.7. The van der Waals surface area contributed by atoms with E-state index in [0.29, 0.717) is 5.76 Å². The van der Waals surface area contributed by atoms with E-state index in [2.05, 4.69) is 0 Å². The molecule has 1 heterocycles. The maximum atomic E-state index is 13.6. The lowest BCUT2D eigenvalue weighted by Gasteiger charge is -2.11. The van der Waals surface area contributed by atoms with Crippen molar-refractivity contribution >= 4 is 0 Å². The highest BCUT2D eigenvalue weighted by Gasteiger charge is 2.19. The van der Waals surface area contributed by atoms with Crippen LogP contribution in [0.1, 0.15) is 22.9 Å². The van der Waals surface area contributed by atoms with Crippen LogP contribution >= 0.6 is 0 Å². The highest BCUT2D eigenvalue weighted by Crippen LogP contribution is 2.25. The Morgan fingerprint density at radius 1 is 1.19 bits per heavy atom. The second-order valence-electron chi connectivity index (χ2n) is 3.59. The fourth-order valence-corrected chi connectivity index (χ4v) is 1.52. The molecule has 0 amide bonds. The molecule has 0 saturated carbocycles. The van der Waals surface area contributed by atoms with Gasteiger partial charge in [0.2, 0.25) is 0 Å². The van der Waals surface area contributed by atoms with Crippen molar-refractivity contribution in [3.05, 3.63) is 59.1 Å². The lowest BCUT2D eigenvalue weighted by molar-refractivity contribution is 0.460. The summed E-state index contributed by atoms with van der Waals surface area (Å²) < 4.78 is 32.0. The average Bonchev–Trinajstić information content (AvgIpc) is 2.79. The Bertz CT molecular complexity index is 494. The van der Waals surface area contributed by atoms with Crippen LogP contribution in [-0.4, -0.2) is 0 Å². The number of halogens is 2. The van der Waals surface area contributed by atoms with Gasteiger partial charge in [0.25, 0.3) is 0 Å². The Balaban J connectivity index is 2.45. The summed E-state index contributed by atoms with van der Waals surface area (Å²) in [6.45, 7) is 1.50. The zero-order valence-corrected chi connectivity index (χ0v) is 8.71. The second kappa shape index (κ2) is 4.06. The number of furan rings is 1. The van der Waals surface area contributed by atoms with Crippen LogP contribution in [0.2, 0.25) is 0 Å². The van der Waals surface area contributed by atoms with Gasteiger partial charge in [-0.2, -0.15) is 0 Å². The number of nitrogens with two attached hydrogens (primary N) is 1. The first-order chi connectivity index (χ1) is 7.61. The molecule has 16 heavy (non-hydrogen) atoms. The molecule has 0 aliphatic carbocycles. The fraction of sp³-hybridized carbons (Fsp3) is 0.167. The smallest absolute Gasteiger partial charge is 0.164 e. The predicted molar refractivity (Wildman–Crippen MR) is 55.8 cm³/mol. The van der Waals surface area contributed by atoms with Crippen molar-refractivity contribution in [1.82, 2.24) is 0 Å². The van der Waals surface area contributed by atoms with Crippen molar-refractivity contribution in [2.75, 3.05) is 0 Å². The first kappa shape index (κ1) is 10.8. The zero-order valence-electron chi connectivity index (χ0n) is 8.71. The summed E-state index contributed by atoms with van der Waals surface area (Å²) in [4.78, 5) is 0. The van der Waals surface area contributed by atoms with Gasteiger partial charge in [0, 0.05) is 5.56 Å². The molecule has 2 N–H and O–H groups in total. The van der Waals surface area contributed by atoms with Gasteiger partial charge < -0.3 is 10.2 Å². The van der Waals surface area contributed by atoms with E-state index in [1.807, 2.05) is 0 Å². The van der Waals surface area contributed by atoms with Crippen molar-refractivity contribution < 1.29 is 13.2 Å². The molecule has 0 saturated heterocycles. The molecule has 2 rings (SSSR count). The van der Waals surface area contributed by atoms with Gasteiger partial charge in [-0.25, -0.2) is 8.78 Å². The van der Waals surface area contributed by atoms with E-state index in [1.165, 1.54) is 25.3 Å². The van der Waals surface area contributed by atoms with Gasteiger partial charge in [-0.15, -0.1) is 0 Å². The maximum absolute atomic E-state index is 13.6. The third-order valence-corrected chi connectivity index (χ3v) is 2.49. The minimum absolute atomic E-state index is 0.0954. The van der Waals surface area contributed by atoms with E-state index in [9.17, 15) is 8.78 Å². The minimum Gasteiger partial charge on any atom is -0.467 e. The Hall–Kier alpha value is -1.68. The van der Waals surface area contributed by atoms with E-state index in [4.69, 9.17) is 10.2 Å². The molecule has 1 atom stereocenters. The SMILES string of the molecule is Cc1ccc(C(N)c2ccco2)c(F)c1F. The lowest BCUT2D eigenvalue weighted by Crippen LogP contribution is -2.14. The van der Waals surface area contributed by atoms with Crippen LogP contribution in [0.5, 0.6) is 0 Å². The van der Waals surface area contributed by atoms with Gasteiger partial charge in [-0.05, 0) is 24.6 Å². The van der Waals surface area contributed by atoms with Crippen LogP contribution in [0.15, 0.2) is 34.9 Å². The third-order valence-electron chi connectivity index (χ3n) is 2.49. The van der Waals surface area contributed by atoms with Crippen LogP contribution in [0.4, 0.5) is 8.78 Å². The summed E-state index contributed by atoms with van der Waals surface area (Å²) in [6, 6.07) is 5.46. The molecular formula is C12H11F2NO. The van der Waals surface area contributed by atoms with Crippen molar-refractivity contribution in [3.8, 4) is 0 Å². The van der Waals surface area contributed by atoms with Crippen molar-refractivity contribution in [2.45, 2.75) is 13.0 Å². The summed E-state index contributed by atoms with van der Waals surface area (Å²) in [7, 11) is 0. The van der Waals surface area contributed by atoms with Crippen molar-refractivity contribution in [3.63, 3.8) is 0 Å². The van der Waals surface area contributed by atoms with Crippen LogP contribution in [0.25, 0.3) is 0 Å². The lowest BCUT2D eigenvalue weighted by atomic mass is 10.0. The summed E-state index contributed by atoms with van der Waals surface area (Å²) in [5.74, 6) is -1.37. The standard InChI is InChI=1S/C12H11F2NO/c1-7-4-5-8(11(14)10(7)13)12(15)9-3-2-6-16-9/h2-6,12H,15H2,1H3. The van der Waals surface area contributed by atoms with Gasteiger partial charge in [0.05, 0.1) is 12.3 Å². The van der Waals surface area contributed by atoms with Crippen molar-refractivity contribution in [2.24, 2.45) is 5.73 Å². The van der Waals surface area contributed by atoms with Gasteiger partial charge in [0.1, 0.15) is 5.76 Å². The molecule has 0 radical (unpaired) electrons. The highest BCUT2D eigenvalue weighted by atomic mass is 19.2. The van der Waals surface area contributed by atoms with E-state index in [-0.39, 0.29) is 11.1 Å². The van der Waals surface area contributed by atoms with Crippen LogP contribution in [0.3, 0.4) is 0 Å². The van der Waals surface area contributed by atoms with E-state index >= 15 is 0 Å². The summed E-state index contributed by atoms with van der Waals surface area (Å²) in [6.07, 6.45) is 1.44. The van der Waals surface area contributed by atoms with E-state index in [0.717, 1.165) is 0 Å². The topological polar surface area (TPSA) is 39.2 Å². The normalized spacial score (nSPS) is 12.8. The molecule has 2 aromatic rings. The van der Waals surface area contributed by atoms with E-state index in [1.54, 1.807) is 12.1 Å². The van der Waals surface area contributed by atoms with Gasteiger partial charge in [-0.1, -0.05) is 12.1 Å². The molecule has 1 aromatic carbocycles. The first-order valence-corrected chi connectivity index (χ1v) is 4.84. The molecule has 0 bridgehead atoms. The van der Waals surface area contributed by atoms with Crippen LogP contribution in [0, 0.1) is 18.6 Å². The fourth-order valence-electron chi connectivity index (χ4n) is 1.52. The Morgan fingerprint density at radius 2 is 1.94 bits per heavy atom. The Morgan fingerprint density at radius 3 is 2.56 bits per heavy atom. The molecule has 1 aromatic heterocycles. The largest absolute Gasteiger partial charge is 0.467 e. The molecule has 0 fully saturated rings. The van der Waals surface area contributed by atoms with Crippen molar-refractivity contribution in [1.29, 1.82) is 0 Å². The second-order valence-corrected chi connectivity index (χ2v) is 3.59. The van der Waals surface area contributed by atoms with Crippen LogP contribution in [-0.2, 0) is 0 Å². The number of rotatable bonds is 2. The molecule has 2 nitrogen and oxygen atoms in total. The monoisotopic (exact) mass is 223 g/mol. The average molecular weight is 223 g/mol. The number of benzene rings is 1. The predicted octanol–water partition coefficient (Wildman–Crippen LogP) is 2.91. The first-order valence-electron chi connectivity index (χ1n) is 4.84. The number of aryl methyl sites for hydroxylation is 1. The quantitative estimate of drug-likeness (QED) is 0.850. The summed E-state index contributed by atoms with van der Waals surface area (Å²) in [5.41, 5.74) is 6.13. The molecule has 0 aliphatic rings. The Kier molecular flexibility index (Phi) is 2.75. The van der Waals surface area contributed by atoms with Gasteiger partial charge in [0.15, 0.2) is 11.6 Å². The molecule has 0 spiro atoms. The summed E-state index contributed by atoms with van der Waals surface area (Å²) in [5, 5.41) is 0. The van der Waals surface area contributed by atoms with Gasteiger partial charge in [-0.3, -0.25) is 0 Å². The maximum Gasteiger partial charge on any atom is 0.164 e.